The van der Waals surface area contributed by atoms with Crippen molar-refractivity contribution in [3.8, 4) is 0 Å². The summed E-state index contributed by atoms with van der Waals surface area (Å²) < 4.78 is 28.5. The van der Waals surface area contributed by atoms with E-state index in [0.717, 1.165) is 0 Å². The van der Waals surface area contributed by atoms with Crippen LogP contribution in [0.5, 0.6) is 0 Å². The maximum atomic E-state index is 14.0. The minimum absolute atomic E-state index is 0.250. The summed E-state index contributed by atoms with van der Waals surface area (Å²) in [7, 11) is 0. The molecule has 2 aromatic rings. The molecule has 1 nitrogen and oxygen atoms in total. The van der Waals surface area contributed by atoms with Gasteiger partial charge in [-0.05, 0) is 0 Å². The Bertz CT molecular complexity index is 488. The summed E-state index contributed by atoms with van der Waals surface area (Å²) >= 11 is -1.09. The summed E-state index contributed by atoms with van der Waals surface area (Å²) in [5.41, 5.74) is 0.250. The van der Waals surface area contributed by atoms with Crippen molar-refractivity contribution in [2.75, 3.05) is 0 Å². The molecule has 0 bridgehead atoms. The average molecular weight is 313 g/mol. The number of halogens is 2. The molecule has 1 unspecified atom stereocenters. The van der Waals surface area contributed by atoms with Crippen molar-refractivity contribution in [1.82, 2.24) is 0 Å². The van der Waals surface area contributed by atoms with E-state index in [1.807, 2.05) is 0 Å². The first-order valence-corrected chi connectivity index (χ1v) is 7.16. The molecular formula is C14H12F2OSe. The summed E-state index contributed by atoms with van der Waals surface area (Å²) in [6, 6.07) is 16.6. The predicted molar refractivity (Wildman–Crippen MR) is 68.2 cm³/mol. The summed E-state index contributed by atoms with van der Waals surface area (Å²) in [5.74, 6) is 0. The second-order valence-electron chi connectivity index (χ2n) is 3.79. The van der Waals surface area contributed by atoms with E-state index in [2.05, 4.69) is 0 Å². The molecule has 2 rings (SSSR count). The van der Waals surface area contributed by atoms with E-state index in [1.165, 1.54) is 12.1 Å². The maximum absolute atomic E-state index is 14.0. The van der Waals surface area contributed by atoms with E-state index in [4.69, 9.17) is 0 Å². The molecule has 0 heterocycles. The topological polar surface area (TPSA) is 20.2 Å². The Labute approximate surface area is 111 Å². The van der Waals surface area contributed by atoms with E-state index in [1.54, 1.807) is 48.5 Å². The molecule has 0 saturated heterocycles. The Morgan fingerprint density at radius 2 is 1.39 bits per heavy atom. The second-order valence-corrected chi connectivity index (χ2v) is 6.35. The van der Waals surface area contributed by atoms with Crippen LogP contribution in [-0.4, -0.2) is 24.9 Å². The third-order valence-corrected chi connectivity index (χ3v) is 4.54. The van der Waals surface area contributed by atoms with Crippen molar-refractivity contribution in [2.45, 2.75) is 10.9 Å². The molecule has 94 valence electrons. The fourth-order valence-corrected chi connectivity index (χ4v) is 3.33. The fraction of sp³-hybridized carbons (Fsp3) is 0.143. The van der Waals surface area contributed by atoms with E-state index in [-0.39, 0.29) is 5.56 Å². The van der Waals surface area contributed by atoms with Gasteiger partial charge >= 0.3 is 110 Å². The molecule has 1 atom stereocenters. The molecule has 4 heteroatoms. The van der Waals surface area contributed by atoms with Crippen molar-refractivity contribution in [3.63, 3.8) is 0 Å². The number of alkyl halides is 2. The first-order valence-electron chi connectivity index (χ1n) is 5.44. The van der Waals surface area contributed by atoms with Gasteiger partial charge in [0.05, 0.1) is 0 Å². The Morgan fingerprint density at radius 3 is 1.94 bits per heavy atom. The van der Waals surface area contributed by atoms with Crippen LogP contribution in [0.4, 0.5) is 8.78 Å². The van der Waals surface area contributed by atoms with E-state index in [0.29, 0.717) is 4.46 Å². The molecule has 2 aromatic carbocycles. The molecule has 0 aliphatic carbocycles. The van der Waals surface area contributed by atoms with Gasteiger partial charge in [0.1, 0.15) is 0 Å². The number of aliphatic hydroxyl groups excluding tert-OH is 1. The van der Waals surface area contributed by atoms with E-state index in [9.17, 15) is 13.9 Å². The molecule has 0 aliphatic heterocycles. The summed E-state index contributed by atoms with van der Waals surface area (Å²) in [5, 5.41) is 9.78. The van der Waals surface area contributed by atoms with Crippen molar-refractivity contribution in [3.05, 3.63) is 66.2 Å². The van der Waals surface area contributed by atoms with Gasteiger partial charge in [0.15, 0.2) is 0 Å². The third-order valence-electron chi connectivity index (χ3n) is 2.43. The van der Waals surface area contributed by atoms with Crippen molar-refractivity contribution in [1.29, 1.82) is 0 Å². The quantitative estimate of drug-likeness (QED) is 0.859. The van der Waals surface area contributed by atoms with Gasteiger partial charge in [-0.2, -0.15) is 0 Å². The number of aliphatic hydroxyl groups is 1. The van der Waals surface area contributed by atoms with Gasteiger partial charge < -0.3 is 0 Å². The summed E-state index contributed by atoms with van der Waals surface area (Å²) in [6.07, 6.45) is -1.75. The van der Waals surface area contributed by atoms with E-state index >= 15 is 0 Å². The van der Waals surface area contributed by atoms with Crippen LogP contribution in [0, 0.1) is 0 Å². The molecular weight excluding hydrogens is 301 g/mol. The molecule has 0 saturated carbocycles. The van der Waals surface area contributed by atoms with Crippen LogP contribution in [0.2, 0.25) is 0 Å². The Balaban J connectivity index is 2.16. The SMILES string of the molecule is OC(c1ccccc1)C(F)(F)[Se]c1ccccc1. The average Bonchev–Trinajstić information content (AvgIpc) is 2.39. The van der Waals surface area contributed by atoms with Crippen LogP contribution < -0.4 is 4.46 Å². The van der Waals surface area contributed by atoms with Crippen LogP contribution >= 0.6 is 0 Å². The van der Waals surface area contributed by atoms with Crippen molar-refractivity contribution in [2.24, 2.45) is 0 Å². The minimum atomic E-state index is -3.12. The third kappa shape index (κ3) is 3.16. The zero-order valence-corrected chi connectivity index (χ0v) is 11.2. The first-order chi connectivity index (χ1) is 8.59. The monoisotopic (exact) mass is 314 g/mol. The molecule has 18 heavy (non-hydrogen) atoms. The van der Waals surface area contributed by atoms with Gasteiger partial charge in [-0.25, -0.2) is 0 Å². The molecule has 0 fully saturated rings. The van der Waals surface area contributed by atoms with Gasteiger partial charge in [0, 0.05) is 0 Å². The second kappa shape index (κ2) is 5.61. The Morgan fingerprint density at radius 1 is 0.889 bits per heavy atom. The molecule has 0 amide bonds. The predicted octanol–water partition coefficient (Wildman–Crippen LogP) is 2.34. The van der Waals surface area contributed by atoms with Crippen LogP contribution in [0.3, 0.4) is 0 Å². The molecule has 1 N–H and O–H groups in total. The van der Waals surface area contributed by atoms with Gasteiger partial charge in [-0.3, -0.25) is 0 Å². The first kappa shape index (κ1) is 13.2. The fourth-order valence-electron chi connectivity index (χ4n) is 1.53. The Hall–Kier alpha value is -1.22. The normalized spacial score (nSPS) is 13.3. The van der Waals surface area contributed by atoms with E-state index < -0.39 is 25.9 Å². The molecule has 0 radical (unpaired) electrons. The van der Waals surface area contributed by atoms with Gasteiger partial charge in [0.25, 0.3) is 0 Å². The van der Waals surface area contributed by atoms with Crippen LogP contribution in [0.25, 0.3) is 0 Å². The molecule has 0 aromatic heterocycles. The Kier molecular flexibility index (Phi) is 4.12. The zero-order chi connectivity index (χ0) is 13.0. The standard InChI is InChI=1S/C14H12F2OSe/c15-14(16,18-12-9-5-2-6-10-12)13(17)11-7-3-1-4-8-11/h1-10,13,17H. The van der Waals surface area contributed by atoms with Gasteiger partial charge in [-0.15, -0.1) is 0 Å². The zero-order valence-electron chi connectivity index (χ0n) is 9.46. The number of benzene rings is 2. The summed E-state index contributed by atoms with van der Waals surface area (Å²) in [6.45, 7) is 0. The van der Waals surface area contributed by atoms with Gasteiger partial charge in [0.2, 0.25) is 0 Å². The number of hydrogen-bond acceptors (Lipinski definition) is 1. The van der Waals surface area contributed by atoms with Crippen molar-refractivity contribution < 1.29 is 13.9 Å². The summed E-state index contributed by atoms with van der Waals surface area (Å²) in [4.78, 5) is -3.12. The number of hydrogen-bond donors (Lipinski definition) is 1. The molecule has 0 spiro atoms. The van der Waals surface area contributed by atoms with Gasteiger partial charge in [-0.1, -0.05) is 0 Å². The molecule has 0 aliphatic rings. The van der Waals surface area contributed by atoms with Crippen molar-refractivity contribution >= 4 is 19.4 Å². The van der Waals surface area contributed by atoms with Crippen LogP contribution in [0.15, 0.2) is 60.7 Å². The van der Waals surface area contributed by atoms with Crippen LogP contribution in [0.1, 0.15) is 11.7 Å². The van der Waals surface area contributed by atoms with Crippen LogP contribution in [-0.2, 0) is 0 Å². The number of rotatable bonds is 4.